The molecular formula is C11H11N3O2. The SMILES string of the molecule is Cc1nc(-c2ccc(N)cc2)oc1C(N)=O. The summed E-state index contributed by atoms with van der Waals surface area (Å²) in [6.45, 7) is 1.67. The smallest absolute Gasteiger partial charge is 0.286 e. The summed E-state index contributed by atoms with van der Waals surface area (Å²) in [5, 5.41) is 0. The van der Waals surface area contributed by atoms with E-state index in [4.69, 9.17) is 15.9 Å². The number of oxazole rings is 1. The van der Waals surface area contributed by atoms with Gasteiger partial charge in [0.25, 0.3) is 5.91 Å². The Morgan fingerprint density at radius 1 is 1.31 bits per heavy atom. The molecule has 0 spiro atoms. The first-order chi connectivity index (χ1) is 7.58. The highest BCUT2D eigenvalue weighted by Gasteiger charge is 2.15. The predicted octanol–water partition coefficient (Wildman–Crippen LogP) is 1.33. The highest BCUT2D eigenvalue weighted by molar-refractivity contribution is 5.91. The van der Waals surface area contributed by atoms with Crippen molar-refractivity contribution >= 4 is 11.6 Å². The number of nitrogens with zero attached hydrogens (tertiary/aromatic N) is 1. The van der Waals surface area contributed by atoms with Gasteiger partial charge in [0.05, 0.1) is 5.69 Å². The Morgan fingerprint density at radius 2 is 1.94 bits per heavy atom. The molecular weight excluding hydrogens is 206 g/mol. The third-order valence-corrected chi connectivity index (χ3v) is 2.18. The van der Waals surface area contributed by atoms with E-state index in [2.05, 4.69) is 4.98 Å². The molecule has 4 N–H and O–H groups in total. The number of carbonyl (C=O) groups excluding carboxylic acids is 1. The van der Waals surface area contributed by atoms with Gasteiger partial charge in [-0.05, 0) is 31.2 Å². The van der Waals surface area contributed by atoms with Gasteiger partial charge in [-0.25, -0.2) is 4.98 Å². The molecule has 1 heterocycles. The summed E-state index contributed by atoms with van der Waals surface area (Å²) >= 11 is 0. The average molecular weight is 217 g/mol. The summed E-state index contributed by atoms with van der Waals surface area (Å²) in [4.78, 5) is 15.1. The second kappa shape index (κ2) is 3.69. The molecule has 0 bridgehead atoms. The number of nitrogen functional groups attached to an aromatic ring is 1. The van der Waals surface area contributed by atoms with Crippen LogP contribution in [0, 0.1) is 6.92 Å². The Balaban J connectivity index is 2.45. The number of amides is 1. The maximum Gasteiger partial charge on any atom is 0.286 e. The summed E-state index contributed by atoms with van der Waals surface area (Å²) in [5.41, 5.74) is 12.6. The van der Waals surface area contributed by atoms with E-state index < -0.39 is 5.91 Å². The van der Waals surface area contributed by atoms with Gasteiger partial charge in [-0.1, -0.05) is 0 Å². The minimum atomic E-state index is -0.619. The maximum atomic E-state index is 11.0. The molecule has 0 saturated carbocycles. The van der Waals surface area contributed by atoms with Crippen molar-refractivity contribution in [3.05, 3.63) is 35.7 Å². The Bertz CT molecular complexity index is 529. The van der Waals surface area contributed by atoms with Crippen molar-refractivity contribution in [2.75, 3.05) is 5.73 Å². The van der Waals surface area contributed by atoms with E-state index in [-0.39, 0.29) is 5.76 Å². The van der Waals surface area contributed by atoms with Gasteiger partial charge in [0.1, 0.15) is 0 Å². The first-order valence-corrected chi connectivity index (χ1v) is 4.71. The zero-order valence-electron chi connectivity index (χ0n) is 8.73. The fourth-order valence-corrected chi connectivity index (χ4v) is 1.37. The number of benzene rings is 1. The Labute approximate surface area is 92.1 Å². The highest BCUT2D eigenvalue weighted by atomic mass is 16.4. The van der Waals surface area contributed by atoms with Gasteiger partial charge < -0.3 is 15.9 Å². The van der Waals surface area contributed by atoms with Crippen molar-refractivity contribution in [2.45, 2.75) is 6.92 Å². The number of aryl methyl sites for hydroxylation is 1. The number of primary amides is 1. The monoisotopic (exact) mass is 217 g/mol. The van der Waals surface area contributed by atoms with Crippen molar-refractivity contribution < 1.29 is 9.21 Å². The molecule has 5 heteroatoms. The number of carbonyl (C=O) groups is 1. The van der Waals surface area contributed by atoms with E-state index in [0.717, 1.165) is 5.56 Å². The molecule has 82 valence electrons. The molecule has 0 aliphatic rings. The predicted molar refractivity (Wildman–Crippen MR) is 59.6 cm³/mol. The number of aromatic nitrogens is 1. The summed E-state index contributed by atoms with van der Waals surface area (Å²) in [6, 6.07) is 7.01. The molecule has 16 heavy (non-hydrogen) atoms. The molecule has 0 aliphatic carbocycles. The zero-order chi connectivity index (χ0) is 11.7. The van der Waals surface area contributed by atoms with Gasteiger partial charge in [-0.3, -0.25) is 4.79 Å². The molecule has 0 atom stereocenters. The Morgan fingerprint density at radius 3 is 2.44 bits per heavy atom. The summed E-state index contributed by atoms with van der Waals surface area (Å²) in [6.07, 6.45) is 0. The van der Waals surface area contributed by atoms with Gasteiger partial charge in [-0.2, -0.15) is 0 Å². The Kier molecular flexibility index (Phi) is 2.36. The van der Waals surface area contributed by atoms with Crippen LogP contribution < -0.4 is 11.5 Å². The van der Waals surface area contributed by atoms with E-state index in [1.54, 1.807) is 31.2 Å². The summed E-state index contributed by atoms with van der Waals surface area (Å²) < 4.78 is 5.28. The van der Waals surface area contributed by atoms with Crippen molar-refractivity contribution in [2.24, 2.45) is 5.73 Å². The van der Waals surface area contributed by atoms with Crippen LogP contribution in [0.1, 0.15) is 16.2 Å². The second-order valence-corrected chi connectivity index (χ2v) is 3.42. The molecule has 0 saturated heterocycles. The van der Waals surface area contributed by atoms with Crippen LogP contribution in [0.3, 0.4) is 0 Å². The highest BCUT2D eigenvalue weighted by Crippen LogP contribution is 2.22. The first-order valence-electron chi connectivity index (χ1n) is 4.71. The Hall–Kier alpha value is -2.30. The summed E-state index contributed by atoms with van der Waals surface area (Å²) in [7, 11) is 0. The molecule has 1 aromatic carbocycles. The lowest BCUT2D eigenvalue weighted by molar-refractivity contribution is 0.0974. The van der Waals surface area contributed by atoms with Crippen molar-refractivity contribution in [1.82, 2.24) is 4.98 Å². The average Bonchev–Trinajstić information content (AvgIpc) is 2.61. The van der Waals surface area contributed by atoms with Crippen LogP contribution in [0.2, 0.25) is 0 Å². The van der Waals surface area contributed by atoms with E-state index >= 15 is 0 Å². The van der Waals surface area contributed by atoms with Crippen LogP contribution in [-0.2, 0) is 0 Å². The van der Waals surface area contributed by atoms with Crippen LogP contribution in [-0.4, -0.2) is 10.9 Å². The van der Waals surface area contributed by atoms with Crippen LogP contribution in [0.4, 0.5) is 5.69 Å². The van der Waals surface area contributed by atoms with E-state index in [1.165, 1.54) is 0 Å². The molecule has 5 nitrogen and oxygen atoms in total. The molecule has 0 unspecified atom stereocenters. The van der Waals surface area contributed by atoms with Crippen LogP contribution in [0.25, 0.3) is 11.5 Å². The fourth-order valence-electron chi connectivity index (χ4n) is 1.37. The number of nitrogens with two attached hydrogens (primary N) is 2. The van der Waals surface area contributed by atoms with Gasteiger partial charge in [0, 0.05) is 11.3 Å². The maximum absolute atomic E-state index is 11.0. The molecule has 0 radical (unpaired) electrons. The quantitative estimate of drug-likeness (QED) is 0.742. The van der Waals surface area contributed by atoms with Gasteiger partial charge >= 0.3 is 0 Å². The van der Waals surface area contributed by atoms with Gasteiger partial charge in [0.2, 0.25) is 11.7 Å². The van der Waals surface area contributed by atoms with Crippen molar-refractivity contribution in [3.63, 3.8) is 0 Å². The second-order valence-electron chi connectivity index (χ2n) is 3.42. The lowest BCUT2D eigenvalue weighted by Gasteiger charge is -1.95. The minimum absolute atomic E-state index is 0.0897. The van der Waals surface area contributed by atoms with E-state index in [0.29, 0.717) is 17.3 Å². The lowest BCUT2D eigenvalue weighted by Crippen LogP contribution is -2.10. The molecule has 0 aliphatic heterocycles. The molecule has 1 aromatic heterocycles. The third kappa shape index (κ3) is 1.75. The number of anilines is 1. The van der Waals surface area contributed by atoms with Crippen LogP contribution >= 0.6 is 0 Å². The molecule has 2 aromatic rings. The standard InChI is InChI=1S/C11H11N3O2/c1-6-9(10(13)15)16-11(14-6)7-2-4-8(12)5-3-7/h2-5H,12H2,1H3,(H2,13,15). The largest absolute Gasteiger partial charge is 0.431 e. The molecule has 0 fully saturated rings. The molecule has 2 rings (SSSR count). The van der Waals surface area contributed by atoms with Crippen molar-refractivity contribution in [1.29, 1.82) is 0 Å². The number of hydrogen-bond acceptors (Lipinski definition) is 4. The van der Waals surface area contributed by atoms with Gasteiger partial charge in [0.15, 0.2) is 0 Å². The minimum Gasteiger partial charge on any atom is -0.431 e. The van der Waals surface area contributed by atoms with E-state index in [9.17, 15) is 4.79 Å². The van der Waals surface area contributed by atoms with Crippen LogP contribution in [0.5, 0.6) is 0 Å². The lowest BCUT2D eigenvalue weighted by atomic mass is 10.2. The van der Waals surface area contributed by atoms with E-state index in [1.807, 2.05) is 0 Å². The summed E-state index contributed by atoms with van der Waals surface area (Å²) in [5.74, 6) is -0.162. The first kappa shape index (κ1) is 10.2. The topological polar surface area (TPSA) is 95.1 Å². The zero-order valence-corrected chi connectivity index (χ0v) is 8.73. The normalized spacial score (nSPS) is 10.3. The number of rotatable bonds is 2. The molecule has 1 amide bonds. The van der Waals surface area contributed by atoms with Gasteiger partial charge in [-0.15, -0.1) is 0 Å². The van der Waals surface area contributed by atoms with Crippen molar-refractivity contribution in [3.8, 4) is 11.5 Å². The number of hydrogen-bond donors (Lipinski definition) is 2. The van der Waals surface area contributed by atoms with Crippen LogP contribution in [0.15, 0.2) is 28.7 Å². The third-order valence-electron chi connectivity index (χ3n) is 2.18. The fraction of sp³-hybridized carbons (Fsp3) is 0.0909.